The van der Waals surface area contributed by atoms with Crippen LogP contribution < -0.4 is 5.73 Å². The molecule has 0 heterocycles. The van der Waals surface area contributed by atoms with E-state index in [9.17, 15) is 4.79 Å². The van der Waals surface area contributed by atoms with Crippen molar-refractivity contribution in [3.8, 4) is 0 Å². The predicted octanol–water partition coefficient (Wildman–Crippen LogP) is 0.690. The summed E-state index contributed by atoms with van der Waals surface area (Å²) in [5, 5.41) is 8.63. The van der Waals surface area contributed by atoms with Crippen molar-refractivity contribution in [3.63, 3.8) is 0 Å². The van der Waals surface area contributed by atoms with Crippen LogP contribution in [0.2, 0.25) is 0 Å². The summed E-state index contributed by atoms with van der Waals surface area (Å²) in [5.74, 6) is -1.11. The zero-order chi connectivity index (χ0) is 8.31. The van der Waals surface area contributed by atoms with E-state index in [-0.39, 0.29) is 12.0 Å². The van der Waals surface area contributed by atoms with Crippen molar-refractivity contribution in [1.29, 1.82) is 0 Å². The summed E-state index contributed by atoms with van der Waals surface area (Å²) in [6.07, 6.45) is 0. The van der Waals surface area contributed by atoms with Crippen LogP contribution in [-0.2, 0) is 4.79 Å². The molecule has 0 aromatic carbocycles. The summed E-state index contributed by atoms with van der Waals surface area (Å²) in [4.78, 5) is 10.5. The van der Waals surface area contributed by atoms with Crippen LogP contribution in [-0.4, -0.2) is 17.1 Å². The van der Waals surface area contributed by atoms with Gasteiger partial charge in [-0.15, -0.1) is 0 Å². The molecule has 3 heteroatoms. The summed E-state index contributed by atoms with van der Waals surface area (Å²) < 4.78 is 0. The van der Waals surface area contributed by atoms with E-state index in [1.54, 1.807) is 6.92 Å². The lowest BCUT2D eigenvalue weighted by Gasteiger charge is -2.19. The van der Waals surface area contributed by atoms with Gasteiger partial charge in [0.2, 0.25) is 0 Å². The monoisotopic (exact) mass is 145 g/mol. The number of carboxylic acids is 1. The van der Waals surface area contributed by atoms with Gasteiger partial charge >= 0.3 is 5.97 Å². The second-order valence-corrected chi connectivity index (χ2v) is 2.97. The average Bonchev–Trinajstić information content (AvgIpc) is 1.59. The topological polar surface area (TPSA) is 63.3 Å². The average molecular weight is 145 g/mol. The van der Waals surface area contributed by atoms with Gasteiger partial charge in [-0.3, -0.25) is 4.79 Å². The van der Waals surface area contributed by atoms with E-state index in [1.165, 1.54) is 0 Å². The maximum absolute atomic E-state index is 10.5. The molecular weight excluding hydrogens is 130 g/mol. The molecule has 0 fully saturated rings. The second kappa shape index (κ2) is 3.56. The Bertz CT molecular complexity index is 113. The molecule has 0 spiro atoms. The van der Waals surface area contributed by atoms with E-state index in [4.69, 9.17) is 10.8 Å². The highest BCUT2D eigenvalue weighted by atomic mass is 16.4. The standard InChI is InChI=1S/C7H15NO2/c1-4(2)6(5(3)8)7(9)10/h4-6H,8H2,1-3H3,(H,9,10)/t5-,6+/m1/s1. The third-order valence-corrected chi connectivity index (χ3v) is 1.57. The minimum absolute atomic E-state index is 0.109. The molecule has 0 rings (SSSR count). The molecule has 0 aromatic rings. The first-order valence-corrected chi connectivity index (χ1v) is 3.45. The van der Waals surface area contributed by atoms with Crippen LogP contribution in [0.1, 0.15) is 20.8 Å². The molecule has 10 heavy (non-hydrogen) atoms. The van der Waals surface area contributed by atoms with E-state index in [2.05, 4.69) is 0 Å². The van der Waals surface area contributed by atoms with Crippen LogP contribution in [0.15, 0.2) is 0 Å². The molecule has 0 aromatic heterocycles. The van der Waals surface area contributed by atoms with E-state index < -0.39 is 11.9 Å². The fourth-order valence-electron chi connectivity index (χ4n) is 1.12. The van der Waals surface area contributed by atoms with Gasteiger partial charge in [-0.25, -0.2) is 0 Å². The number of rotatable bonds is 3. The Kier molecular flexibility index (Phi) is 3.36. The Balaban J connectivity index is 4.12. The zero-order valence-corrected chi connectivity index (χ0v) is 6.66. The van der Waals surface area contributed by atoms with E-state index >= 15 is 0 Å². The number of hydrogen-bond acceptors (Lipinski definition) is 2. The van der Waals surface area contributed by atoms with E-state index in [1.807, 2.05) is 13.8 Å². The molecule has 3 N–H and O–H groups in total. The minimum Gasteiger partial charge on any atom is -0.481 e. The number of hydrogen-bond donors (Lipinski definition) is 2. The third-order valence-electron chi connectivity index (χ3n) is 1.57. The Labute approximate surface area is 61.2 Å². The van der Waals surface area contributed by atoms with Crippen molar-refractivity contribution < 1.29 is 9.90 Å². The Hall–Kier alpha value is -0.570. The van der Waals surface area contributed by atoms with Gasteiger partial charge in [0.1, 0.15) is 0 Å². The first-order valence-electron chi connectivity index (χ1n) is 3.45. The van der Waals surface area contributed by atoms with Crippen molar-refractivity contribution in [1.82, 2.24) is 0 Å². The van der Waals surface area contributed by atoms with Gasteiger partial charge in [-0.05, 0) is 12.8 Å². The lowest BCUT2D eigenvalue weighted by molar-refractivity contribution is -0.143. The molecule has 0 unspecified atom stereocenters. The molecular formula is C7H15NO2. The molecule has 0 amide bonds. The fourth-order valence-corrected chi connectivity index (χ4v) is 1.12. The van der Waals surface area contributed by atoms with Gasteiger partial charge in [0.05, 0.1) is 5.92 Å². The third kappa shape index (κ3) is 2.35. The van der Waals surface area contributed by atoms with Crippen molar-refractivity contribution in [3.05, 3.63) is 0 Å². The molecule has 0 aliphatic rings. The first kappa shape index (κ1) is 9.43. The molecule has 0 bridgehead atoms. The molecule has 0 aliphatic heterocycles. The lowest BCUT2D eigenvalue weighted by atomic mass is 9.90. The smallest absolute Gasteiger partial charge is 0.308 e. The summed E-state index contributed by atoms with van der Waals surface area (Å²) >= 11 is 0. The van der Waals surface area contributed by atoms with Gasteiger partial charge in [0.25, 0.3) is 0 Å². The maximum Gasteiger partial charge on any atom is 0.308 e. The normalized spacial score (nSPS) is 16.9. The molecule has 0 saturated heterocycles. The van der Waals surface area contributed by atoms with E-state index in [0.29, 0.717) is 0 Å². The van der Waals surface area contributed by atoms with Crippen LogP contribution in [0.25, 0.3) is 0 Å². The van der Waals surface area contributed by atoms with Crippen molar-refractivity contribution in [2.24, 2.45) is 17.6 Å². The van der Waals surface area contributed by atoms with Gasteiger partial charge in [-0.2, -0.15) is 0 Å². The Morgan fingerprint density at radius 3 is 1.80 bits per heavy atom. The van der Waals surface area contributed by atoms with Crippen molar-refractivity contribution >= 4 is 5.97 Å². The molecule has 0 saturated carbocycles. The van der Waals surface area contributed by atoms with Crippen LogP contribution in [0.5, 0.6) is 0 Å². The maximum atomic E-state index is 10.5. The first-order chi connectivity index (χ1) is 4.46. The molecule has 3 nitrogen and oxygen atoms in total. The number of nitrogens with two attached hydrogens (primary N) is 1. The highest BCUT2D eigenvalue weighted by Crippen LogP contribution is 2.13. The lowest BCUT2D eigenvalue weighted by Crippen LogP contribution is -2.36. The molecule has 0 radical (unpaired) electrons. The van der Waals surface area contributed by atoms with Gasteiger partial charge in [-0.1, -0.05) is 13.8 Å². The summed E-state index contributed by atoms with van der Waals surface area (Å²) in [7, 11) is 0. The quantitative estimate of drug-likeness (QED) is 0.614. The Morgan fingerprint density at radius 1 is 1.40 bits per heavy atom. The highest BCUT2D eigenvalue weighted by Gasteiger charge is 2.24. The van der Waals surface area contributed by atoms with Gasteiger partial charge < -0.3 is 10.8 Å². The van der Waals surface area contributed by atoms with Crippen molar-refractivity contribution in [2.75, 3.05) is 0 Å². The zero-order valence-electron chi connectivity index (χ0n) is 6.66. The summed E-state index contributed by atoms with van der Waals surface area (Å²) in [5.41, 5.74) is 5.46. The highest BCUT2D eigenvalue weighted by molar-refractivity contribution is 5.71. The van der Waals surface area contributed by atoms with Crippen LogP contribution in [0.4, 0.5) is 0 Å². The fraction of sp³-hybridized carbons (Fsp3) is 0.857. The van der Waals surface area contributed by atoms with Crippen molar-refractivity contribution in [2.45, 2.75) is 26.8 Å². The largest absolute Gasteiger partial charge is 0.481 e. The Morgan fingerprint density at radius 2 is 1.80 bits per heavy atom. The predicted molar refractivity (Wildman–Crippen MR) is 39.6 cm³/mol. The second-order valence-electron chi connectivity index (χ2n) is 2.97. The number of carbonyl (C=O) groups is 1. The number of aliphatic carboxylic acids is 1. The molecule has 2 atom stereocenters. The van der Waals surface area contributed by atoms with Crippen LogP contribution in [0, 0.1) is 11.8 Å². The summed E-state index contributed by atoms with van der Waals surface area (Å²) in [6.45, 7) is 5.45. The van der Waals surface area contributed by atoms with E-state index in [0.717, 1.165) is 0 Å². The van der Waals surface area contributed by atoms with Gasteiger partial charge in [0.15, 0.2) is 0 Å². The van der Waals surface area contributed by atoms with Crippen LogP contribution in [0.3, 0.4) is 0 Å². The summed E-state index contributed by atoms with van der Waals surface area (Å²) in [6, 6.07) is -0.266. The number of carboxylic acid groups (broad SMARTS) is 1. The SMILES string of the molecule is CC(C)[C@H](C(=O)O)[C@@H](C)N. The molecule has 60 valence electrons. The minimum atomic E-state index is -0.801. The van der Waals surface area contributed by atoms with Crippen LogP contribution >= 0.6 is 0 Å². The van der Waals surface area contributed by atoms with Gasteiger partial charge in [0, 0.05) is 6.04 Å². The molecule has 0 aliphatic carbocycles.